The smallest absolute Gasteiger partial charge is 0.0398 e. The van der Waals surface area contributed by atoms with Crippen LogP contribution in [-0.4, -0.2) is 0 Å². The molecule has 0 bridgehead atoms. The fraction of sp³-hybridized carbons (Fsp3) is 0.286. The van der Waals surface area contributed by atoms with Gasteiger partial charge in [-0.25, -0.2) is 0 Å². The van der Waals surface area contributed by atoms with Crippen molar-refractivity contribution in [1.82, 2.24) is 0 Å². The van der Waals surface area contributed by atoms with E-state index in [2.05, 4.69) is 50.3 Å². The van der Waals surface area contributed by atoms with Gasteiger partial charge in [-0.1, -0.05) is 59.8 Å². The maximum absolute atomic E-state index is 2.10. The van der Waals surface area contributed by atoms with Crippen molar-refractivity contribution in [2.24, 2.45) is 0 Å². The molecule has 0 aliphatic rings. The Morgan fingerprint density at radius 2 is 1.07 bits per heavy atom. The molecule has 0 heteroatoms. The summed E-state index contributed by atoms with van der Waals surface area (Å²) in [6, 6.07) is 0. The summed E-state index contributed by atoms with van der Waals surface area (Å²) in [6.07, 6.45) is 16.6. The quantitative estimate of drug-likeness (QED) is 0.566. The van der Waals surface area contributed by atoms with Crippen LogP contribution in [0.3, 0.4) is 0 Å². The average molecular weight is 188 g/mol. The monoisotopic (exact) mass is 188 g/mol. The van der Waals surface area contributed by atoms with Crippen molar-refractivity contribution in [3.8, 4) is 0 Å². The lowest BCUT2D eigenvalue weighted by atomic mass is 10.2. The second-order valence-electron chi connectivity index (χ2n) is 3.21. The Morgan fingerprint density at radius 3 is 1.36 bits per heavy atom. The Bertz CT molecular complexity index is 253. The van der Waals surface area contributed by atoms with Crippen LogP contribution < -0.4 is 0 Å². The number of rotatable bonds is 4. The normalized spacial score (nSPS) is 15.1. The van der Waals surface area contributed by atoms with Crippen LogP contribution in [0.2, 0.25) is 0 Å². The van der Waals surface area contributed by atoms with Gasteiger partial charge >= 0.3 is 0 Å². The van der Waals surface area contributed by atoms with E-state index in [4.69, 9.17) is 0 Å². The molecule has 0 unspecified atom stereocenters. The summed E-state index contributed by atoms with van der Waals surface area (Å²) in [5.74, 6) is 0. The first-order valence-electron chi connectivity index (χ1n) is 4.98. The molecule has 0 atom stereocenters. The van der Waals surface area contributed by atoms with Crippen molar-refractivity contribution in [2.75, 3.05) is 0 Å². The molecule has 0 saturated heterocycles. The fourth-order valence-corrected chi connectivity index (χ4v) is 1.05. The third kappa shape index (κ3) is 7.35. The fourth-order valence-electron chi connectivity index (χ4n) is 1.05. The van der Waals surface area contributed by atoms with Crippen molar-refractivity contribution in [2.45, 2.75) is 27.7 Å². The van der Waals surface area contributed by atoms with Crippen LogP contribution >= 0.6 is 0 Å². The van der Waals surface area contributed by atoms with Crippen LogP contribution in [0.5, 0.6) is 0 Å². The van der Waals surface area contributed by atoms with E-state index in [9.17, 15) is 0 Å². The average Bonchev–Trinajstić information content (AvgIpc) is 2.13. The van der Waals surface area contributed by atoms with Gasteiger partial charge in [-0.05, 0) is 27.7 Å². The Labute approximate surface area is 88.0 Å². The second kappa shape index (κ2) is 8.31. The maximum Gasteiger partial charge on any atom is -0.0398 e. The zero-order valence-corrected chi connectivity index (χ0v) is 9.62. The lowest BCUT2D eigenvalue weighted by molar-refractivity contribution is 1.49. The van der Waals surface area contributed by atoms with Gasteiger partial charge < -0.3 is 0 Å². The van der Waals surface area contributed by atoms with Crippen LogP contribution in [0.1, 0.15) is 27.7 Å². The van der Waals surface area contributed by atoms with Crippen LogP contribution in [0, 0.1) is 0 Å². The van der Waals surface area contributed by atoms with E-state index in [1.807, 2.05) is 26.0 Å². The molecule has 0 spiro atoms. The largest absolute Gasteiger partial charge is 0.0874 e. The molecule has 14 heavy (non-hydrogen) atoms. The Hall–Kier alpha value is -1.30. The highest BCUT2D eigenvalue weighted by Crippen LogP contribution is 1.97. The van der Waals surface area contributed by atoms with Gasteiger partial charge in [-0.3, -0.25) is 0 Å². The summed E-state index contributed by atoms with van der Waals surface area (Å²) < 4.78 is 0. The van der Waals surface area contributed by atoms with E-state index in [0.29, 0.717) is 0 Å². The van der Waals surface area contributed by atoms with Gasteiger partial charge in [-0.15, -0.1) is 0 Å². The summed E-state index contributed by atoms with van der Waals surface area (Å²) >= 11 is 0. The van der Waals surface area contributed by atoms with E-state index in [-0.39, 0.29) is 0 Å². The molecule has 0 N–H and O–H groups in total. The van der Waals surface area contributed by atoms with Gasteiger partial charge in [0, 0.05) is 0 Å². The highest BCUT2D eigenvalue weighted by Gasteiger charge is 1.76. The highest BCUT2D eigenvalue weighted by molar-refractivity contribution is 5.26. The minimum absolute atomic E-state index is 1.26. The number of hydrogen-bond acceptors (Lipinski definition) is 0. The minimum atomic E-state index is 1.26. The molecule has 0 aliphatic carbocycles. The van der Waals surface area contributed by atoms with Crippen molar-refractivity contribution >= 4 is 0 Å². The van der Waals surface area contributed by atoms with E-state index in [1.54, 1.807) is 0 Å². The lowest BCUT2D eigenvalue weighted by Crippen LogP contribution is -1.66. The van der Waals surface area contributed by atoms with Gasteiger partial charge in [0.05, 0.1) is 0 Å². The molecule has 0 aromatic carbocycles. The van der Waals surface area contributed by atoms with Crippen molar-refractivity contribution in [3.63, 3.8) is 0 Å². The molecule has 0 saturated carbocycles. The molecule has 0 radical (unpaired) electrons. The molecule has 0 heterocycles. The van der Waals surface area contributed by atoms with Crippen LogP contribution in [0.25, 0.3) is 0 Å². The topological polar surface area (TPSA) is 0 Å². The zero-order valence-electron chi connectivity index (χ0n) is 9.62. The summed E-state index contributed by atoms with van der Waals surface area (Å²) in [6.45, 7) is 8.23. The summed E-state index contributed by atoms with van der Waals surface area (Å²) in [7, 11) is 0. The number of allylic oxidation sites excluding steroid dienone is 10. The molecule has 76 valence electrons. The van der Waals surface area contributed by atoms with E-state index < -0.39 is 0 Å². The summed E-state index contributed by atoms with van der Waals surface area (Å²) in [5.41, 5.74) is 2.53. The third-order valence-electron chi connectivity index (χ3n) is 1.69. The van der Waals surface area contributed by atoms with Crippen molar-refractivity contribution in [3.05, 3.63) is 59.8 Å². The standard InChI is InChI=1S/C14H20/c1-5-9-13(3)11-7-8-12-14(4)10-6-2/h5-12H,1-4H3/b8-7+,9-5+,10-6+,13-11+,14-12+. The summed E-state index contributed by atoms with van der Waals surface area (Å²) in [4.78, 5) is 0. The highest BCUT2D eigenvalue weighted by atomic mass is 13.8. The van der Waals surface area contributed by atoms with Gasteiger partial charge in [0.2, 0.25) is 0 Å². The Kier molecular flexibility index (Phi) is 7.53. The van der Waals surface area contributed by atoms with Gasteiger partial charge in [0.15, 0.2) is 0 Å². The predicted molar refractivity (Wildman–Crippen MR) is 66.3 cm³/mol. The Balaban J connectivity index is 4.20. The molecule has 0 aliphatic heterocycles. The molecule has 0 amide bonds. The van der Waals surface area contributed by atoms with Crippen molar-refractivity contribution in [1.29, 1.82) is 0 Å². The first-order chi connectivity index (χ1) is 6.70. The SMILES string of the molecule is C/C=C/C(C)=C/C=C/C=C(C)/C=C/C. The minimum Gasteiger partial charge on any atom is -0.0874 e. The van der Waals surface area contributed by atoms with Crippen LogP contribution in [-0.2, 0) is 0 Å². The van der Waals surface area contributed by atoms with Crippen LogP contribution in [0.15, 0.2) is 59.8 Å². The first-order valence-corrected chi connectivity index (χ1v) is 4.98. The van der Waals surface area contributed by atoms with Gasteiger partial charge in [0.25, 0.3) is 0 Å². The van der Waals surface area contributed by atoms with E-state index >= 15 is 0 Å². The molecule has 0 aromatic heterocycles. The molecular formula is C14H20. The maximum atomic E-state index is 2.10. The first kappa shape index (κ1) is 12.7. The van der Waals surface area contributed by atoms with Gasteiger partial charge in [0.1, 0.15) is 0 Å². The molecule has 0 rings (SSSR count). The van der Waals surface area contributed by atoms with Crippen molar-refractivity contribution < 1.29 is 0 Å². The number of hydrogen-bond donors (Lipinski definition) is 0. The van der Waals surface area contributed by atoms with E-state index in [1.165, 1.54) is 11.1 Å². The molecule has 0 aromatic rings. The summed E-state index contributed by atoms with van der Waals surface area (Å²) in [5, 5.41) is 0. The van der Waals surface area contributed by atoms with Gasteiger partial charge in [-0.2, -0.15) is 0 Å². The van der Waals surface area contributed by atoms with Crippen LogP contribution in [0.4, 0.5) is 0 Å². The zero-order chi connectivity index (χ0) is 10.8. The third-order valence-corrected chi connectivity index (χ3v) is 1.69. The molecular weight excluding hydrogens is 168 g/mol. The second-order valence-corrected chi connectivity index (χ2v) is 3.21. The Morgan fingerprint density at radius 1 is 0.714 bits per heavy atom. The van der Waals surface area contributed by atoms with E-state index in [0.717, 1.165) is 0 Å². The molecule has 0 fully saturated rings. The molecule has 0 nitrogen and oxygen atoms in total. The lowest BCUT2D eigenvalue weighted by Gasteiger charge is -1.87. The predicted octanol–water partition coefficient (Wildman–Crippen LogP) is 4.59.